The maximum absolute atomic E-state index is 13.2. The van der Waals surface area contributed by atoms with Crippen LogP contribution in [-0.4, -0.2) is 84.2 Å². The molecule has 15 heteroatoms. The summed E-state index contributed by atoms with van der Waals surface area (Å²) < 4.78 is 38.4. The molecule has 0 aromatic heterocycles. The molecule has 6 aliphatic rings. The zero-order valence-corrected chi connectivity index (χ0v) is 39.4. The number of halogens is 3. The molecule has 0 aromatic carbocycles. The van der Waals surface area contributed by atoms with Crippen LogP contribution in [0.3, 0.4) is 0 Å². The standard InChI is InChI=1S/C45H65Cl3O12/c1-24(49)55-23-29-33(56-25(2)50)34(57-26(3)51)35(60-38(53)45(46,47)48)36(58-29)59-32-15-16-42(8)30(39(32,4)5)14-17-44(10)31(42)13-12-27-28-22-41(7,37(52)54-11)19-18-40(28,6)20-21-43(27,44)9/h12,28-36H,13-23H2,1-11H3/t28-,29+,30-,31+,32-,33+,34-,35+,36-,40+,41-,42-,43+,44+/m0/s1. The first kappa shape index (κ1) is 47.4. The van der Waals surface area contributed by atoms with Gasteiger partial charge in [-0.15, -0.1) is 0 Å². The number of carbonyl (C=O) groups excluding carboxylic acids is 5. The summed E-state index contributed by atoms with van der Waals surface area (Å²) in [6, 6.07) is 0. The van der Waals surface area contributed by atoms with E-state index < -0.39 is 75.3 Å². The summed E-state index contributed by atoms with van der Waals surface area (Å²) in [5.41, 5.74) is 0.671. The molecular formula is C45H65Cl3O12. The molecule has 12 nitrogen and oxygen atoms in total. The Labute approximate surface area is 370 Å². The lowest BCUT2D eigenvalue weighted by atomic mass is 9.33. The number of fused-ring (bicyclic) bond motifs is 7. The normalized spacial score (nSPS) is 43.3. The quantitative estimate of drug-likeness (QED) is 0.0754. The molecule has 4 saturated carbocycles. The van der Waals surface area contributed by atoms with Gasteiger partial charge in [-0.05, 0) is 116 Å². The van der Waals surface area contributed by atoms with E-state index in [9.17, 15) is 24.0 Å². The van der Waals surface area contributed by atoms with Gasteiger partial charge in [-0.25, -0.2) is 4.79 Å². The first-order valence-electron chi connectivity index (χ1n) is 21.5. The fraction of sp³-hybridized carbons (Fsp3) is 0.844. The van der Waals surface area contributed by atoms with E-state index in [0.717, 1.165) is 71.6 Å². The highest BCUT2D eigenvalue weighted by Crippen LogP contribution is 2.76. The Balaban J connectivity index is 1.32. The monoisotopic (exact) mass is 902 g/mol. The number of carbonyl (C=O) groups is 5. The van der Waals surface area contributed by atoms with Crippen LogP contribution in [0.4, 0.5) is 0 Å². The molecular weight excluding hydrogens is 839 g/mol. The molecule has 0 bridgehead atoms. The Morgan fingerprint density at radius 1 is 0.767 bits per heavy atom. The fourth-order valence-electron chi connectivity index (χ4n) is 13.5. The average molecular weight is 904 g/mol. The van der Waals surface area contributed by atoms with E-state index in [4.69, 9.17) is 68.0 Å². The Hall–Kier alpha value is -2.12. The highest BCUT2D eigenvalue weighted by molar-refractivity contribution is 6.75. The fourth-order valence-corrected chi connectivity index (χ4v) is 13.6. The Morgan fingerprint density at radius 3 is 2.00 bits per heavy atom. The third kappa shape index (κ3) is 8.13. The van der Waals surface area contributed by atoms with Crippen molar-refractivity contribution < 1.29 is 57.1 Å². The minimum absolute atomic E-state index is 0.0163. The van der Waals surface area contributed by atoms with E-state index in [1.54, 1.807) is 5.57 Å². The zero-order valence-electron chi connectivity index (χ0n) is 37.1. The molecule has 14 atom stereocenters. The first-order chi connectivity index (χ1) is 27.7. The van der Waals surface area contributed by atoms with Crippen molar-refractivity contribution in [2.45, 2.75) is 174 Å². The largest absolute Gasteiger partial charge is 0.469 e. The second-order valence-corrected chi connectivity index (χ2v) is 22.9. The van der Waals surface area contributed by atoms with Crippen molar-refractivity contribution in [1.82, 2.24) is 0 Å². The van der Waals surface area contributed by atoms with Crippen molar-refractivity contribution >= 4 is 64.6 Å². The van der Waals surface area contributed by atoms with Gasteiger partial charge in [-0.3, -0.25) is 19.2 Å². The van der Waals surface area contributed by atoms with Crippen molar-refractivity contribution in [3.05, 3.63) is 11.6 Å². The molecule has 5 aliphatic carbocycles. The van der Waals surface area contributed by atoms with Crippen LogP contribution in [-0.2, 0) is 57.1 Å². The number of hydrogen-bond acceptors (Lipinski definition) is 12. The summed E-state index contributed by atoms with van der Waals surface area (Å²) in [4.78, 5) is 63.2. The van der Waals surface area contributed by atoms with Gasteiger partial charge in [0.05, 0.1) is 18.6 Å². The van der Waals surface area contributed by atoms with Gasteiger partial charge in [-0.1, -0.05) is 88.0 Å². The predicted octanol–water partition coefficient (Wildman–Crippen LogP) is 8.78. The van der Waals surface area contributed by atoms with Crippen LogP contribution >= 0.6 is 34.8 Å². The number of esters is 5. The van der Waals surface area contributed by atoms with E-state index >= 15 is 0 Å². The van der Waals surface area contributed by atoms with Gasteiger partial charge in [0.1, 0.15) is 12.7 Å². The highest BCUT2D eigenvalue weighted by atomic mass is 35.6. The van der Waals surface area contributed by atoms with Crippen molar-refractivity contribution in [3.63, 3.8) is 0 Å². The minimum atomic E-state index is -2.52. The van der Waals surface area contributed by atoms with Crippen LogP contribution in [0.15, 0.2) is 11.6 Å². The van der Waals surface area contributed by atoms with E-state index in [1.807, 2.05) is 0 Å². The van der Waals surface area contributed by atoms with Gasteiger partial charge in [0.15, 0.2) is 24.6 Å². The molecule has 6 rings (SSSR count). The molecule has 0 radical (unpaired) electrons. The number of ether oxygens (including phenoxy) is 7. The minimum Gasteiger partial charge on any atom is -0.469 e. The first-order valence-corrected chi connectivity index (χ1v) is 22.7. The molecule has 60 heavy (non-hydrogen) atoms. The molecule has 0 N–H and O–H groups in total. The molecule has 0 amide bonds. The van der Waals surface area contributed by atoms with Crippen molar-refractivity contribution in [2.24, 2.45) is 50.2 Å². The van der Waals surface area contributed by atoms with Crippen LogP contribution in [0, 0.1) is 50.2 Å². The predicted molar refractivity (Wildman–Crippen MR) is 222 cm³/mol. The molecule has 1 aliphatic heterocycles. The summed E-state index contributed by atoms with van der Waals surface area (Å²) >= 11 is 17.9. The lowest BCUT2D eigenvalue weighted by Crippen LogP contribution is -2.66. The molecule has 5 fully saturated rings. The average Bonchev–Trinajstić information content (AvgIpc) is 3.14. The number of allylic oxidation sites excluding steroid dienone is 2. The summed E-state index contributed by atoms with van der Waals surface area (Å²) in [5, 5.41) is 0. The molecule has 0 unspecified atom stereocenters. The van der Waals surface area contributed by atoms with E-state index in [2.05, 4.69) is 54.5 Å². The second kappa shape index (κ2) is 16.5. The Morgan fingerprint density at radius 2 is 1.40 bits per heavy atom. The molecule has 0 aromatic rings. The SMILES string of the molecule is COC(=O)[C@@]1(C)CC[C@]2(C)CC[C@]3(C)C(=CC[C@@H]4[C@@]5(C)CC[C@H](O[C@@H]6O[C@H](COC(C)=O)[C@@H](OC(C)=O)[C@H](OC(C)=O)[C@H]6OC(=O)C(Cl)(Cl)Cl)C(C)(C)[C@@H]5CC[C@]43C)[C@@H]2C1. The van der Waals surface area contributed by atoms with Crippen LogP contribution in [0.1, 0.15) is 133 Å². The van der Waals surface area contributed by atoms with Gasteiger partial charge in [0.25, 0.3) is 3.79 Å². The number of alkyl halides is 3. The Kier molecular flexibility index (Phi) is 13.0. The van der Waals surface area contributed by atoms with Gasteiger partial charge in [0.2, 0.25) is 0 Å². The summed E-state index contributed by atoms with van der Waals surface area (Å²) in [6.07, 6.45) is 4.43. The molecule has 1 saturated heterocycles. The van der Waals surface area contributed by atoms with Crippen molar-refractivity contribution in [3.8, 4) is 0 Å². The van der Waals surface area contributed by atoms with Gasteiger partial charge >= 0.3 is 29.8 Å². The third-order valence-corrected chi connectivity index (χ3v) is 17.3. The topological polar surface area (TPSA) is 150 Å². The van der Waals surface area contributed by atoms with Crippen molar-refractivity contribution in [1.29, 1.82) is 0 Å². The van der Waals surface area contributed by atoms with Gasteiger partial charge in [-0.2, -0.15) is 0 Å². The highest BCUT2D eigenvalue weighted by Gasteiger charge is 2.69. The lowest BCUT2D eigenvalue weighted by molar-refractivity contribution is -0.333. The smallest absolute Gasteiger partial charge is 0.359 e. The van der Waals surface area contributed by atoms with Crippen LogP contribution in [0.25, 0.3) is 0 Å². The van der Waals surface area contributed by atoms with Crippen molar-refractivity contribution in [2.75, 3.05) is 13.7 Å². The van der Waals surface area contributed by atoms with Crippen LogP contribution in [0.2, 0.25) is 0 Å². The van der Waals surface area contributed by atoms with E-state index in [1.165, 1.54) is 14.0 Å². The van der Waals surface area contributed by atoms with Gasteiger partial charge < -0.3 is 33.2 Å². The maximum Gasteiger partial charge on any atom is 0.359 e. The maximum atomic E-state index is 13.2. The number of methoxy groups -OCH3 is 1. The van der Waals surface area contributed by atoms with Crippen LogP contribution in [0.5, 0.6) is 0 Å². The van der Waals surface area contributed by atoms with E-state index in [0.29, 0.717) is 18.3 Å². The molecule has 338 valence electrons. The number of rotatable bonds is 8. The molecule has 1 heterocycles. The summed E-state index contributed by atoms with van der Waals surface area (Å²) in [5.74, 6) is -2.62. The van der Waals surface area contributed by atoms with E-state index in [-0.39, 0.29) is 40.2 Å². The second-order valence-electron chi connectivity index (χ2n) is 20.6. The van der Waals surface area contributed by atoms with Crippen LogP contribution < -0.4 is 0 Å². The lowest BCUT2D eigenvalue weighted by Gasteiger charge is -2.71. The van der Waals surface area contributed by atoms with Gasteiger partial charge in [0, 0.05) is 20.8 Å². The number of hydrogen-bond donors (Lipinski definition) is 0. The Bertz CT molecular complexity index is 1760. The summed E-state index contributed by atoms with van der Waals surface area (Å²) in [6.45, 7) is 19.6. The molecule has 0 spiro atoms. The summed E-state index contributed by atoms with van der Waals surface area (Å²) in [7, 11) is 1.50. The zero-order chi connectivity index (χ0) is 44.6. The third-order valence-electron chi connectivity index (χ3n) is 16.9.